The van der Waals surface area contributed by atoms with Crippen molar-refractivity contribution < 1.29 is 9.59 Å². The van der Waals surface area contributed by atoms with E-state index in [-0.39, 0.29) is 29.7 Å². The minimum atomic E-state index is -0.171. The van der Waals surface area contributed by atoms with Gasteiger partial charge in [-0.2, -0.15) is 0 Å². The molecular weight excluding hydrogens is 290 g/mol. The summed E-state index contributed by atoms with van der Waals surface area (Å²) in [5.74, 6) is -0.335. The van der Waals surface area contributed by atoms with Crippen LogP contribution in [0.1, 0.15) is 31.4 Å². The quantitative estimate of drug-likeness (QED) is 0.716. The Morgan fingerprint density at radius 2 is 1.83 bits per heavy atom. The Kier molecular flexibility index (Phi) is 6.16. The third kappa shape index (κ3) is 5.36. The summed E-state index contributed by atoms with van der Waals surface area (Å²) in [6, 6.07) is 9.82. The number of benzene rings is 1. The van der Waals surface area contributed by atoms with Crippen molar-refractivity contribution in [1.82, 2.24) is 15.5 Å². The van der Waals surface area contributed by atoms with Crippen LogP contribution in [-0.2, 0) is 9.59 Å². The topological polar surface area (TPSA) is 61.4 Å². The molecule has 5 nitrogen and oxygen atoms in total. The van der Waals surface area contributed by atoms with E-state index < -0.39 is 0 Å². The van der Waals surface area contributed by atoms with E-state index in [1.165, 1.54) is 0 Å². The maximum atomic E-state index is 12.2. The number of hydrogen-bond donors (Lipinski definition) is 2. The van der Waals surface area contributed by atoms with Gasteiger partial charge in [-0.25, -0.2) is 0 Å². The molecule has 1 aromatic carbocycles. The molecule has 2 amide bonds. The molecule has 0 heterocycles. The van der Waals surface area contributed by atoms with Gasteiger partial charge in [0, 0.05) is 6.54 Å². The van der Waals surface area contributed by atoms with Crippen molar-refractivity contribution in [3.05, 3.63) is 35.9 Å². The first-order valence-electron chi connectivity index (χ1n) is 8.27. The van der Waals surface area contributed by atoms with Gasteiger partial charge in [0.05, 0.1) is 17.9 Å². The van der Waals surface area contributed by atoms with Gasteiger partial charge in [0.2, 0.25) is 11.8 Å². The first-order chi connectivity index (χ1) is 11.0. The second-order valence-corrected chi connectivity index (χ2v) is 6.54. The molecule has 5 heteroatoms. The predicted molar refractivity (Wildman–Crippen MR) is 90.8 cm³/mol. The summed E-state index contributed by atoms with van der Waals surface area (Å²) in [6.07, 6.45) is 1.58. The Hall–Kier alpha value is -1.88. The minimum Gasteiger partial charge on any atom is -0.356 e. The van der Waals surface area contributed by atoms with E-state index in [0.717, 1.165) is 18.5 Å². The normalized spacial score (nSPS) is 20.9. The molecule has 23 heavy (non-hydrogen) atoms. The maximum Gasteiger partial charge on any atom is 0.224 e. The Morgan fingerprint density at radius 3 is 2.48 bits per heavy atom. The van der Waals surface area contributed by atoms with Crippen LogP contribution in [0.3, 0.4) is 0 Å². The Labute approximate surface area is 138 Å². The van der Waals surface area contributed by atoms with Gasteiger partial charge in [-0.15, -0.1) is 0 Å². The van der Waals surface area contributed by atoms with Gasteiger partial charge in [0.15, 0.2) is 0 Å². The number of carbonyl (C=O) groups excluding carboxylic acids is 2. The Morgan fingerprint density at radius 1 is 1.17 bits per heavy atom. The number of nitrogens with zero attached hydrogens (tertiary/aromatic N) is 1. The van der Waals surface area contributed by atoms with Crippen LogP contribution in [0, 0.1) is 11.8 Å². The molecule has 1 fully saturated rings. The van der Waals surface area contributed by atoms with Crippen LogP contribution < -0.4 is 10.6 Å². The predicted octanol–water partition coefficient (Wildman–Crippen LogP) is 1.57. The first-order valence-corrected chi connectivity index (χ1v) is 8.27. The summed E-state index contributed by atoms with van der Waals surface area (Å²) >= 11 is 0. The fourth-order valence-electron chi connectivity index (χ4n) is 2.66. The van der Waals surface area contributed by atoms with E-state index in [0.29, 0.717) is 13.0 Å². The highest BCUT2D eigenvalue weighted by molar-refractivity contribution is 5.92. The number of nitrogens with one attached hydrogen (secondary N) is 2. The highest BCUT2D eigenvalue weighted by Crippen LogP contribution is 2.39. The van der Waals surface area contributed by atoms with Crippen LogP contribution in [-0.4, -0.2) is 43.9 Å². The maximum absolute atomic E-state index is 12.2. The van der Waals surface area contributed by atoms with Crippen LogP contribution in [0.25, 0.3) is 0 Å². The summed E-state index contributed by atoms with van der Waals surface area (Å²) in [7, 11) is 4.02. The lowest BCUT2D eigenvalue weighted by Crippen LogP contribution is -2.32. The second-order valence-electron chi connectivity index (χ2n) is 6.54. The van der Waals surface area contributed by atoms with Gasteiger partial charge in [-0.1, -0.05) is 30.3 Å². The lowest BCUT2D eigenvalue weighted by Gasteiger charge is -2.14. The number of hydrogen-bond acceptors (Lipinski definition) is 3. The smallest absolute Gasteiger partial charge is 0.224 e. The fourth-order valence-corrected chi connectivity index (χ4v) is 2.66. The molecule has 0 saturated heterocycles. The van der Waals surface area contributed by atoms with Gasteiger partial charge in [0.25, 0.3) is 0 Å². The zero-order chi connectivity index (χ0) is 16.8. The van der Waals surface area contributed by atoms with Gasteiger partial charge in [-0.05, 0) is 46.0 Å². The summed E-state index contributed by atoms with van der Waals surface area (Å²) in [5.41, 5.74) is 1.08. The summed E-state index contributed by atoms with van der Waals surface area (Å²) in [6.45, 7) is 3.58. The molecular formula is C18H27N3O2. The number of rotatable bonds is 8. The molecule has 1 saturated carbocycles. The van der Waals surface area contributed by atoms with E-state index in [4.69, 9.17) is 0 Å². The molecule has 0 spiro atoms. The molecule has 1 aromatic rings. The van der Waals surface area contributed by atoms with Gasteiger partial charge in [-0.3, -0.25) is 9.59 Å². The van der Waals surface area contributed by atoms with Crippen molar-refractivity contribution in [3.63, 3.8) is 0 Å². The average molecular weight is 317 g/mol. The molecule has 0 radical (unpaired) electrons. The van der Waals surface area contributed by atoms with Crippen LogP contribution in [0.2, 0.25) is 0 Å². The highest BCUT2D eigenvalue weighted by atomic mass is 16.2. The monoisotopic (exact) mass is 317 g/mol. The van der Waals surface area contributed by atoms with Crippen molar-refractivity contribution in [2.24, 2.45) is 11.8 Å². The first kappa shape index (κ1) is 17.5. The molecule has 1 aliphatic carbocycles. The van der Waals surface area contributed by atoms with Gasteiger partial charge >= 0.3 is 0 Å². The van der Waals surface area contributed by atoms with Crippen LogP contribution in [0.4, 0.5) is 0 Å². The lowest BCUT2D eigenvalue weighted by molar-refractivity contribution is -0.127. The molecule has 2 N–H and O–H groups in total. The van der Waals surface area contributed by atoms with E-state index in [9.17, 15) is 9.59 Å². The number of carbonyl (C=O) groups is 2. The second kappa shape index (κ2) is 8.11. The standard InChI is InChI=1S/C18H27N3O2/c1-13(14-8-5-4-6-9-14)20-18(23)16-12-15(16)17(22)19-10-7-11-21(2)3/h4-6,8-9,13,15-16H,7,10-12H2,1-3H3,(H,19,22)(H,20,23). The molecule has 126 valence electrons. The summed E-state index contributed by atoms with van der Waals surface area (Å²) in [5, 5.41) is 5.92. The molecule has 0 bridgehead atoms. The average Bonchev–Trinajstić information content (AvgIpc) is 3.32. The number of amides is 2. The van der Waals surface area contributed by atoms with E-state index in [2.05, 4.69) is 15.5 Å². The Bertz CT molecular complexity index is 530. The van der Waals surface area contributed by atoms with Crippen molar-refractivity contribution >= 4 is 11.8 Å². The minimum absolute atomic E-state index is 0.0104. The summed E-state index contributed by atoms with van der Waals surface area (Å²) in [4.78, 5) is 26.3. The zero-order valence-electron chi connectivity index (χ0n) is 14.2. The van der Waals surface area contributed by atoms with Crippen molar-refractivity contribution in [2.75, 3.05) is 27.2 Å². The lowest BCUT2D eigenvalue weighted by atomic mass is 10.1. The third-order valence-corrected chi connectivity index (χ3v) is 4.20. The van der Waals surface area contributed by atoms with Crippen molar-refractivity contribution in [1.29, 1.82) is 0 Å². The van der Waals surface area contributed by atoms with Crippen LogP contribution in [0.15, 0.2) is 30.3 Å². The van der Waals surface area contributed by atoms with E-state index in [1.54, 1.807) is 0 Å². The molecule has 0 aromatic heterocycles. The Balaban J connectivity index is 1.70. The van der Waals surface area contributed by atoms with Crippen LogP contribution >= 0.6 is 0 Å². The zero-order valence-corrected chi connectivity index (χ0v) is 14.2. The third-order valence-electron chi connectivity index (χ3n) is 4.20. The van der Waals surface area contributed by atoms with Crippen molar-refractivity contribution in [2.45, 2.75) is 25.8 Å². The summed E-state index contributed by atoms with van der Waals surface area (Å²) < 4.78 is 0. The molecule has 3 atom stereocenters. The van der Waals surface area contributed by atoms with Crippen LogP contribution in [0.5, 0.6) is 0 Å². The van der Waals surface area contributed by atoms with Gasteiger partial charge in [0.1, 0.15) is 0 Å². The van der Waals surface area contributed by atoms with Crippen molar-refractivity contribution in [3.8, 4) is 0 Å². The molecule has 3 unspecified atom stereocenters. The van der Waals surface area contributed by atoms with E-state index >= 15 is 0 Å². The molecule has 2 rings (SSSR count). The molecule has 1 aliphatic rings. The SMILES string of the molecule is CC(NC(=O)C1CC1C(=O)NCCCN(C)C)c1ccccc1. The highest BCUT2D eigenvalue weighted by Gasteiger charge is 2.48. The van der Waals surface area contributed by atoms with Gasteiger partial charge < -0.3 is 15.5 Å². The fraction of sp³-hybridized carbons (Fsp3) is 0.556. The largest absolute Gasteiger partial charge is 0.356 e. The van der Waals surface area contributed by atoms with E-state index in [1.807, 2.05) is 51.4 Å². The molecule has 0 aliphatic heterocycles.